The molecule has 2 fully saturated rings. The molecule has 2 saturated heterocycles. The maximum Gasteiger partial charge on any atom is 0.170 e. The van der Waals surface area contributed by atoms with Crippen LogP contribution in [0.3, 0.4) is 0 Å². The molecule has 2 aliphatic heterocycles. The van der Waals surface area contributed by atoms with E-state index in [0.717, 1.165) is 63.3 Å². The third-order valence-corrected chi connectivity index (χ3v) is 5.16. The van der Waals surface area contributed by atoms with Crippen LogP contribution in [0.15, 0.2) is 22.7 Å². The Morgan fingerprint density at radius 2 is 2.08 bits per heavy atom. The fraction of sp³-hybridized carbons (Fsp3) is 0.611. The van der Waals surface area contributed by atoms with Gasteiger partial charge < -0.3 is 19.5 Å². The minimum Gasteiger partial charge on any atom is -0.378 e. The van der Waals surface area contributed by atoms with Crippen LogP contribution in [0.5, 0.6) is 0 Å². The molecule has 2 aromatic rings. The molecule has 4 rings (SSSR count). The van der Waals surface area contributed by atoms with Gasteiger partial charge in [-0.05, 0) is 57.6 Å². The summed E-state index contributed by atoms with van der Waals surface area (Å²) >= 11 is 0. The Morgan fingerprint density at radius 3 is 2.83 bits per heavy atom. The molecular formula is C18H24FN3O2. The van der Waals surface area contributed by atoms with E-state index in [4.69, 9.17) is 9.26 Å². The summed E-state index contributed by atoms with van der Waals surface area (Å²) in [5, 5.41) is 8.68. The summed E-state index contributed by atoms with van der Waals surface area (Å²) in [7, 11) is 0. The third-order valence-electron chi connectivity index (χ3n) is 5.16. The van der Waals surface area contributed by atoms with E-state index in [9.17, 15) is 4.39 Å². The lowest BCUT2D eigenvalue weighted by atomic mass is 9.91. The highest BCUT2D eigenvalue weighted by atomic mass is 19.1. The van der Waals surface area contributed by atoms with Gasteiger partial charge in [-0.1, -0.05) is 5.16 Å². The van der Waals surface area contributed by atoms with Crippen LogP contribution < -0.4 is 5.32 Å². The van der Waals surface area contributed by atoms with Gasteiger partial charge in [-0.15, -0.1) is 0 Å². The van der Waals surface area contributed by atoms with Crippen LogP contribution in [0.1, 0.15) is 30.9 Å². The van der Waals surface area contributed by atoms with Crippen molar-refractivity contribution >= 4 is 11.0 Å². The number of ether oxygens (including phenoxy) is 1. The first-order chi connectivity index (χ1) is 11.8. The lowest BCUT2D eigenvalue weighted by Gasteiger charge is -2.32. The Bertz CT molecular complexity index is 678. The molecular weight excluding hydrogens is 309 g/mol. The molecule has 5 nitrogen and oxygen atoms in total. The highest BCUT2D eigenvalue weighted by molar-refractivity contribution is 5.79. The molecule has 1 aromatic carbocycles. The van der Waals surface area contributed by atoms with Gasteiger partial charge in [0.1, 0.15) is 5.82 Å². The first-order valence-corrected chi connectivity index (χ1v) is 8.88. The minimum absolute atomic E-state index is 0.276. The molecule has 0 atom stereocenters. The molecule has 130 valence electrons. The summed E-state index contributed by atoms with van der Waals surface area (Å²) in [6, 6.07) is 5.26. The number of halogens is 1. The average Bonchev–Trinajstić information content (AvgIpc) is 2.96. The lowest BCUT2D eigenvalue weighted by Crippen LogP contribution is -2.46. The van der Waals surface area contributed by atoms with Crippen molar-refractivity contribution in [1.29, 1.82) is 0 Å². The van der Waals surface area contributed by atoms with Gasteiger partial charge >= 0.3 is 0 Å². The van der Waals surface area contributed by atoms with Crippen molar-refractivity contribution < 1.29 is 13.7 Å². The van der Waals surface area contributed by atoms with Crippen molar-refractivity contribution in [2.45, 2.75) is 31.2 Å². The SMILES string of the molecule is Fc1ccc2c(C3CCN(CCCNC4COC4)CC3)noc2c1. The first kappa shape index (κ1) is 16.0. The number of hydrogen-bond donors (Lipinski definition) is 1. The summed E-state index contributed by atoms with van der Waals surface area (Å²) in [6.07, 6.45) is 3.35. The number of nitrogens with zero attached hydrogens (tertiary/aromatic N) is 2. The zero-order valence-electron chi connectivity index (χ0n) is 13.8. The van der Waals surface area contributed by atoms with E-state index in [1.54, 1.807) is 6.07 Å². The van der Waals surface area contributed by atoms with Gasteiger partial charge in [0.05, 0.1) is 24.9 Å². The van der Waals surface area contributed by atoms with Crippen LogP contribution in [-0.4, -0.2) is 55.5 Å². The predicted molar refractivity (Wildman–Crippen MR) is 89.6 cm³/mol. The van der Waals surface area contributed by atoms with Gasteiger partial charge in [0.25, 0.3) is 0 Å². The molecule has 0 spiro atoms. The number of rotatable bonds is 6. The van der Waals surface area contributed by atoms with Crippen LogP contribution in [0.4, 0.5) is 4.39 Å². The van der Waals surface area contributed by atoms with E-state index in [1.165, 1.54) is 18.6 Å². The smallest absolute Gasteiger partial charge is 0.170 e. The molecule has 2 aliphatic rings. The molecule has 1 N–H and O–H groups in total. The summed E-state index contributed by atoms with van der Waals surface area (Å²) in [5.41, 5.74) is 1.55. The number of nitrogens with one attached hydrogen (secondary N) is 1. The van der Waals surface area contributed by atoms with E-state index in [1.807, 2.05) is 0 Å². The summed E-state index contributed by atoms with van der Waals surface area (Å²) in [6.45, 7) is 6.10. The van der Waals surface area contributed by atoms with Crippen LogP contribution in [-0.2, 0) is 4.74 Å². The van der Waals surface area contributed by atoms with E-state index < -0.39 is 0 Å². The van der Waals surface area contributed by atoms with Crippen LogP contribution in [0.25, 0.3) is 11.0 Å². The highest BCUT2D eigenvalue weighted by Crippen LogP contribution is 2.32. The van der Waals surface area contributed by atoms with Crippen molar-refractivity contribution in [3.63, 3.8) is 0 Å². The van der Waals surface area contributed by atoms with Crippen LogP contribution in [0.2, 0.25) is 0 Å². The second-order valence-electron chi connectivity index (χ2n) is 6.87. The third kappa shape index (κ3) is 3.45. The maximum atomic E-state index is 13.3. The monoisotopic (exact) mass is 333 g/mol. The van der Waals surface area contributed by atoms with Gasteiger partial charge in [0.2, 0.25) is 0 Å². The normalized spacial score (nSPS) is 20.5. The minimum atomic E-state index is -0.276. The molecule has 0 bridgehead atoms. The lowest BCUT2D eigenvalue weighted by molar-refractivity contribution is -0.00520. The predicted octanol–water partition coefficient (Wildman–Crippen LogP) is 2.52. The number of likely N-dealkylation sites (tertiary alicyclic amines) is 1. The second kappa shape index (κ2) is 7.17. The van der Waals surface area contributed by atoms with Crippen molar-refractivity contribution in [2.75, 3.05) is 39.4 Å². The maximum absolute atomic E-state index is 13.3. The van der Waals surface area contributed by atoms with E-state index >= 15 is 0 Å². The second-order valence-corrected chi connectivity index (χ2v) is 6.87. The van der Waals surface area contributed by atoms with Gasteiger partial charge in [-0.3, -0.25) is 0 Å². The zero-order valence-corrected chi connectivity index (χ0v) is 13.8. The summed E-state index contributed by atoms with van der Waals surface area (Å²) in [4.78, 5) is 2.53. The number of fused-ring (bicyclic) bond motifs is 1. The van der Waals surface area contributed by atoms with Crippen LogP contribution in [0, 0.1) is 5.82 Å². The fourth-order valence-electron chi connectivity index (χ4n) is 3.62. The standard InChI is InChI=1S/C18H24FN3O2/c19-14-2-3-16-17(10-14)24-21-18(16)13-4-8-22(9-5-13)7-1-6-20-15-11-23-12-15/h2-3,10,13,15,20H,1,4-9,11-12H2. The Balaban J connectivity index is 1.26. The summed E-state index contributed by atoms with van der Waals surface area (Å²) < 4.78 is 23.7. The Kier molecular flexibility index (Phi) is 4.78. The first-order valence-electron chi connectivity index (χ1n) is 8.88. The van der Waals surface area contributed by atoms with Gasteiger partial charge in [-0.25, -0.2) is 4.39 Å². The van der Waals surface area contributed by atoms with E-state index in [2.05, 4.69) is 15.4 Å². The molecule has 0 aliphatic carbocycles. The molecule has 24 heavy (non-hydrogen) atoms. The molecule has 3 heterocycles. The molecule has 6 heteroatoms. The topological polar surface area (TPSA) is 50.5 Å². The molecule has 0 saturated carbocycles. The Morgan fingerprint density at radius 1 is 1.25 bits per heavy atom. The zero-order chi connectivity index (χ0) is 16.4. The van der Waals surface area contributed by atoms with Gasteiger partial charge in [-0.2, -0.15) is 0 Å². The number of piperidine rings is 1. The number of aromatic nitrogens is 1. The Labute approximate surface area is 141 Å². The largest absolute Gasteiger partial charge is 0.378 e. The molecule has 0 amide bonds. The van der Waals surface area contributed by atoms with Crippen molar-refractivity contribution in [3.05, 3.63) is 29.7 Å². The fourth-order valence-corrected chi connectivity index (χ4v) is 3.62. The molecule has 0 radical (unpaired) electrons. The summed E-state index contributed by atoms with van der Waals surface area (Å²) in [5.74, 6) is 0.139. The molecule has 0 unspecified atom stereocenters. The average molecular weight is 333 g/mol. The number of benzene rings is 1. The van der Waals surface area contributed by atoms with E-state index in [0.29, 0.717) is 17.5 Å². The van der Waals surface area contributed by atoms with E-state index in [-0.39, 0.29) is 5.82 Å². The highest BCUT2D eigenvalue weighted by Gasteiger charge is 2.25. The van der Waals surface area contributed by atoms with Gasteiger partial charge in [0.15, 0.2) is 5.58 Å². The quantitative estimate of drug-likeness (QED) is 0.823. The van der Waals surface area contributed by atoms with Crippen molar-refractivity contribution in [2.24, 2.45) is 0 Å². The van der Waals surface area contributed by atoms with Gasteiger partial charge in [0, 0.05) is 17.4 Å². The van der Waals surface area contributed by atoms with Crippen molar-refractivity contribution in [1.82, 2.24) is 15.4 Å². The molecule has 1 aromatic heterocycles. The Hall–Kier alpha value is -1.50. The van der Waals surface area contributed by atoms with Crippen LogP contribution >= 0.6 is 0 Å². The number of hydrogen-bond acceptors (Lipinski definition) is 5. The van der Waals surface area contributed by atoms with Crippen molar-refractivity contribution in [3.8, 4) is 0 Å².